The molecular weight excluding hydrogens is 192 g/mol. The second-order valence-corrected chi connectivity index (χ2v) is 3.83. The van der Waals surface area contributed by atoms with E-state index in [9.17, 15) is 0 Å². The van der Waals surface area contributed by atoms with Crippen molar-refractivity contribution in [3.05, 3.63) is 17.5 Å². The van der Waals surface area contributed by atoms with Crippen molar-refractivity contribution in [3.63, 3.8) is 0 Å². The van der Waals surface area contributed by atoms with Gasteiger partial charge in [-0.1, -0.05) is 25.9 Å². The molecule has 0 spiro atoms. The van der Waals surface area contributed by atoms with Crippen LogP contribution in [0, 0.1) is 0 Å². The third-order valence-electron chi connectivity index (χ3n) is 2.17. The Kier molecular flexibility index (Phi) is 3.71. The summed E-state index contributed by atoms with van der Waals surface area (Å²) >= 11 is 0. The highest BCUT2D eigenvalue weighted by molar-refractivity contribution is 5.98. The largest absolute Gasteiger partial charge is 0.409 e. The van der Waals surface area contributed by atoms with Gasteiger partial charge in [0.15, 0.2) is 5.84 Å². The Hall–Kier alpha value is -1.52. The summed E-state index contributed by atoms with van der Waals surface area (Å²) in [5.41, 5.74) is 7.19. The van der Waals surface area contributed by atoms with Crippen LogP contribution in [-0.2, 0) is 6.54 Å². The zero-order valence-corrected chi connectivity index (χ0v) is 9.44. The van der Waals surface area contributed by atoms with Crippen molar-refractivity contribution in [2.45, 2.75) is 39.7 Å². The number of hydrogen-bond acceptors (Lipinski definition) is 3. The molecule has 84 valence electrons. The Morgan fingerprint density at radius 1 is 1.67 bits per heavy atom. The van der Waals surface area contributed by atoms with Crippen molar-refractivity contribution in [2.24, 2.45) is 10.9 Å². The van der Waals surface area contributed by atoms with Crippen molar-refractivity contribution >= 4 is 5.84 Å². The molecule has 0 saturated heterocycles. The predicted molar refractivity (Wildman–Crippen MR) is 59.1 cm³/mol. The molecule has 0 bridgehead atoms. The maximum Gasteiger partial charge on any atom is 0.173 e. The van der Waals surface area contributed by atoms with E-state index < -0.39 is 0 Å². The molecule has 0 saturated carbocycles. The van der Waals surface area contributed by atoms with E-state index in [1.54, 1.807) is 0 Å². The fraction of sp³-hybridized carbons (Fsp3) is 0.600. The fourth-order valence-electron chi connectivity index (χ4n) is 1.46. The number of amidine groups is 1. The van der Waals surface area contributed by atoms with Crippen molar-refractivity contribution in [1.82, 2.24) is 9.78 Å². The smallest absolute Gasteiger partial charge is 0.173 e. The standard InChI is InChI=1S/C10H18N4O/c1-4-5-14-6-8(10(11)13-15)9(12-14)7(2)3/h6-7,15H,4-5H2,1-3H3,(H2,11,13). The average Bonchev–Trinajstić information content (AvgIpc) is 2.61. The number of hydrogen-bond donors (Lipinski definition) is 2. The van der Waals surface area contributed by atoms with E-state index in [-0.39, 0.29) is 11.8 Å². The lowest BCUT2D eigenvalue weighted by atomic mass is 10.1. The molecule has 0 amide bonds. The number of aromatic nitrogens is 2. The van der Waals surface area contributed by atoms with Gasteiger partial charge in [-0.15, -0.1) is 0 Å². The fourth-order valence-corrected chi connectivity index (χ4v) is 1.46. The maximum atomic E-state index is 8.66. The van der Waals surface area contributed by atoms with Crippen LogP contribution in [0.3, 0.4) is 0 Å². The molecule has 5 heteroatoms. The summed E-state index contributed by atoms with van der Waals surface area (Å²) in [7, 11) is 0. The Bertz CT molecular complexity index is 354. The van der Waals surface area contributed by atoms with Crippen molar-refractivity contribution in [1.29, 1.82) is 0 Å². The molecule has 0 atom stereocenters. The first-order chi connectivity index (χ1) is 7.10. The first-order valence-corrected chi connectivity index (χ1v) is 5.15. The molecule has 0 aliphatic heterocycles. The van der Waals surface area contributed by atoms with E-state index >= 15 is 0 Å². The van der Waals surface area contributed by atoms with Crippen LogP contribution in [0.25, 0.3) is 0 Å². The van der Waals surface area contributed by atoms with Crippen LogP contribution in [0.5, 0.6) is 0 Å². The summed E-state index contributed by atoms with van der Waals surface area (Å²) < 4.78 is 1.84. The molecule has 0 aliphatic carbocycles. The van der Waals surface area contributed by atoms with E-state index in [1.807, 2.05) is 24.7 Å². The molecule has 0 aromatic carbocycles. The second kappa shape index (κ2) is 4.82. The number of aryl methyl sites for hydroxylation is 1. The van der Waals surface area contributed by atoms with Gasteiger partial charge in [0, 0.05) is 12.7 Å². The van der Waals surface area contributed by atoms with Gasteiger partial charge in [0.05, 0.1) is 11.3 Å². The number of nitrogens with two attached hydrogens (primary N) is 1. The summed E-state index contributed by atoms with van der Waals surface area (Å²) in [6.07, 6.45) is 2.84. The van der Waals surface area contributed by atoms with Gasteiger partial charge in [-0.25, -0.2) is 0 Å². The van der Waals surface area contributed by atoms with Crippen LogP contribution in [0.4, 0.5) is 0 Å². The molecular formula is C10H18N4O. The molecule has 1 heterocycles. The van der Waals surface area contributed by atoms with Gasteiger partial charge in [0.2, 0.25) is 0 Å². The van der Waals surface area contributed by atoms with E-state index in [1.165, 1.54) is 0 Å². The Morgan fingerprint density at radius 3 is 2.80 bits per heavy atom. The zero-order chi connectivity index (χ0) is 11.4. The quantitative estimate of drug-likeness (QED) is 0.342. The van der Waals surface area contributed by atoms with Crippen molar-refractivity contribution < 1.29 is 5.21 Å². The SMILES string of the molecule is CCCn1cc(/C(N)=N\O)c(C(C)C)n1. The molecule has 3 N–H and O–H groups in total. The normalized spacial score (nSPS) is 12.4. The van der Waals surface area contributed by atoms with Crippen LogP contribution in [0.1, 0.15) is 44.4 Å². The van der Waals surface area contributed by atoms with Gasteiger partial charge in [-0.2, -0.15) is 5.10 Å². The average molecular weight is 210 g/mol. The van der Waals surface area contributed by atoms with Gasteiger partial charge < -0.3 is 10.9 Å². The summed E-state index contributed by atoms with van der Waals surface area (Å²) in [4.78, 5) is 0. The predicted octanol–water partition coefficient (Wildman–Crippen LogP) is 1.51. The topological polar surface area (TPSA) is 76.4 Å². The van der Waals surface area contributed by atoms with Gasteiger partial charge in [-0.3, -0.25) is 4.68 Å². The lowest BCUT2D eigenvalue weighted by molar-refractivity contribution is 0.318. The van der Waals surface area contributed by atoms with Crippen LogP contribution in [0.15, 0.2) is 11.4 Å². The lowest BCUT2D eigenvalue weighted by Crippen LogP contribution is -2.14. The number of rotatable bonds is 4. The molecule has 1 rings (SSSR count). The Labute approximate surface area is 89.6 Å². The monoisotopic (exact) mass is 210 g/mol. The highest BCUT2D eigenvalue weighted by Gasteiger charge is 2.15. The summed E-state index contributed by atoms with van der Waals surface area (Å²) in [6, 6.07) is 0. The molecule has 5 nitrogen and oxygen atoms in total. The second-order valence-electron chi connectivity index (χ2n) is 3.83. The first kappa shape index (κ1) is 11.6. The molecule has 15 heavy (non-hydrogen) atoms. The summed E-state index contributed by atoms with van der Waals surface area (Å²) in [5, 5.41) is 16.1. The van der Waals surface area contributed by atoms with Crippen LogP contribution < -0.4 is 5.73 Å². The first-order valence-electron chi connectivity index (χ1n) is 5.15. The van der Waals surface area contributed by atoms with Crippen molar-refractivity contribution in [3.8, 4) is 0 Å². The third kappa shape index (κ3) is 2.49. The molecule has 0 aliphatic rings. The van der Waals surface area contributed by atoms with E-state index in [0.717, 1.165) is 24.2 Å². The maximum absolute atomic E-state index is 8.66. The molecule has 0 unspecified atom stereocenters. The Balaban J connectivity index is 3.11. The van der Waals surface area contributed by atoms with E-state index in [0.29, 0.717) is 0 Å². The third-order valence-corrected chi connectivity index (χ3v) is 2.17. The molecule has 1 aromatic rings. The number of oxime groups is 1. The van der Waals surface area contributed by atoms with Crippen LogP contribution >= 0.6 is 0 Å². The van der Waals surface area contributed by atoms with Gasteiger partial charge >= 0.3 is 0 Å². The minimum Gasteiger partial charge on any atom is -0.409 e. The number of nitrogens with zero attached hydrogens (tertiary/aromatic N) is 3. The molecule has 0 fully saturated rings. The molecule has 1 aromatic heterocycles. The van der Waals surface area contributed by atoms with E-state index in [4.69, 9.17) is 10.9 Å². The van der Waals surface area contributed by atoms with Crippen LogP contribution in [0.2, 0.25) is 0 Å². The highest BCUT2D eigenvalue weighted by Crippen LogP contribution is 2.17. The van der Waals surface area contributed by atoms with E-state index in [2.05, 4.69) is 17.2 Å². The highest BCUT2D eigenvalue weighted by atomic mass is 16.4. The van der Waals surface area contributed by atoms with Crippen molar-refractivity contribution in [2.75, 3.05) is 0 Å². The Morgan fingerprint density at radius 2 is 2.33 bits per heavy atom. The lowest BCUT2D eigenvalue weighted by Gasteiger charge is -2.02. The minimum atomic E-state index is 0.126. The van der Waals surface area contributed by atoms with Crippen LogP contribution in [-0.4, -0.2) is 20.8 Å². The summed E-state index contributed by atoms with van der Waals surface area (Å²) in [6.45, 7) is 7.00. The minimum absolute atomic E-state index is 0.126. The van der Waals surface area contributed by atoms with Gasteiger partial charge in [-0.05, 0) is 12.3 Å². The summed E-state index contributed by atoms with van der Waals surface area (Å²) in [5.74, 6) is 0.388. The molecule has 0 radical (unpaired) electrons. The van der Waals surface area contributed by atoms with Gasteiger partial charge in [0.1, 0.15) is 0 Å². The zero-order valence-electron chi connectivity index (χ0n) is 9.44. The van der Waals surface area contributed by atoms with Gasteiger partial charge in [0.25, 0.3) is 0 Å².